The Kier molecular flexibility index (Phi) is 6.13. The van der Waals surface area contributed by atoms with Gasteiger partial charge in [0.1, 0.15) is 6.10 Å². The SMILES string of the molecule is C=COC(CCF)CCF. The number of hydrogen-bond acceptors (Lipinski definition) is 1. The zero-order chi connectivity index (χ0) is 7.82. The first kappa shape index (κ1) is 9.40. The summed E-state index contributed by atoms with van der Waals surface area (Å²) in [5.74, 6) is 0. The van der Waals surface area contributed by atoms with Crippen LogP contribution in [0.25, 0.3) is 0 Å². The molecule has 0 rings (SSSR count). The summed E-state index contributed by atoms with van der Waals surface area (Å²) in [6.07, 6.45) is 1.37. The van der Waals surface area contributed by atoms with Crippen LogP contribution in [0.4, 0.5) is 8.78 Å². The van der Waals surface area contributed by atoms with Gasteiger partial charge < -0.3 is 4.74 Å². The first-order valence-electron chi connectivity index (χ1n) is 3.23. The van der Waals surface area contributed by atoms with Crippen LogP contribution in [0.2, 0.25) is 0 Å². The van der Waals surface area contributed by atoms with E-state index in [-0.39, 0.29) is 18.9 Å². The molecule has 0 amide bonds. The maximum absolute atomic E-state index is 11.7. The molecule has 0 aliphatic rings. The second kappa shape index (κ2) is 6.52. The molecular weight excluding hydrogens is 138 g/mol. The summed E-state index contributed by atoms with van der Waals surface area (Å²) in [6.45, 7) is 2.35. The molecule has 0 fully saturated rings. The van der Waals surface area contributed by atoms with Gasteiger partial charge in [0, 0.05) is 12.8 Å². The second-order valence-corrected chi connectivity index (χ2v) is 1.88. The van der Waals surface area contributed by atoms with Crippen molar-refractivity contribution < 1.29 is 13.5 Å². The molecule has 0 aromatic carbocycles. The first-order chi connectivity index (χ1) is 4.85. The Bertz CT molecular complexity index is 79.7. The van der Waals surface area contributed by atoms with Crippen molar-refractivity contribution in [1.82, 2.24) is 0 Å². The minimum atomic E-state index is -0.474. The van der Waals surface area contributed by atoms with Crippen LogP contribution in [0.1, 0.15) is 12.8 Å². The topological polar surface area (TPSA) is 9.23 Å². The molecule has 10 heavy (non-hydrogen) atoms. The fourth-order valence-electron chi connectivity index (χ4n) is 0.660. The van der Waals surface area contributed by atoms with E-state index in [0.29, 0.717) is 0 Å². The highest BCUT2D eigenvalue weighted by molar-refractivity contribution is 4.61. The Morgan fingerprint density at radius 3 is 2.10 bits per heavy atom. The van der Waals surface area contributed by atoms with Crippen LogP contribution >= 0.6 is 0 Å². The molecule has 0 bridgehead atoms. The Hall–Kier alpha value is -0.600. The Morgan fingerprint density at radius 2 is 1.80 bits per heavy atom. The maximum Gasteiger partial charge on any atom is 0.103 e. The van der Waals surface area contributed by atoms with Gasteiger partial charge in [-0.1, -0.05) is 6.58 Å². The highest BCUT2D eigenvalue weighted by Crippen LogP contribution is 2.04. The Morgan fingerprint density at radius 1 is 1.30 bits per heavy atom. The number of alkyl halides is 2. The number of hydrogen-bond donors (Lipinski definition) is 0. The minimum absolute atomic E-state index is 0.246. The number of halogens is 2. The summed E-state index contributed by atoms with van der Waals surface area (Å²) in [5, 5.41) is 0. The molecule has 0 heterocycles. The molecule has 0 atom stereocenters. The summed E-state index contributed by atoms with van der Waals surface area (Å²) >= 11 is 0. The summed E-state index contributed by atoms with van der Waals surface area (Å²) in [4.78, 5) is 0. The molecule has 0 unspecified atom stereocenters. The molecule has 0 N–H and O–H groups in total. The van der Waals surface area contributed by atoms with Gasteiger partial charge in [0.15, 0.2) is 0 Å². The summed E-state index contributed by atoms with van der Waals surface area (Å²) in [5.41, 5.74) is 0. The van der Waals surface area contributed by atoms with E-state index in [1.807, 2.05) is 0 Å². The molecule has 3 heteroatoms. The molecule has 0 aliphatic heterocycles. The Balaban J connectivity index is 3.38. The van der Waals surface area contributed by atoms with Crippen molar-refractivity contribution in [2.45, 2.75) is 18.9 Å². The third kappa shape index (κ3) is 4.30. The normalized spacial score (nSPS) is 9.90. The molecule has 60 valence electrons. The van der Waals surface area contributed by atoms with E-state index in [1.54, 1.807) is 0 Å². The van der Waals surface area contributed by atoms with Gasteiger partial charge in [0.05, 0.1) is 19.6 Å². The molecule has 0 spiro atoms. The van der Waals surface area contributed by atoms with Crippen molar-refractivity contribution >= 4 is 0 Å². The van der Waals surface area contributed by atoms with E-state index < -0.39 is 13.3 Å². The van der Waals surface area contributed by atoms with Crippen LogP contribution in [-0.4, -0.2) is 19.5 Å². The highest BCUT2D eigenvalue weighted by atomic mass is 19.1. The molecule has 0 radical (unpaired) electrons. The van der Waals surface area contributed by atoms with Crippen LogP contribution in [0, 0.1) is 0 Å². The van der Waals surface area contributed by atoms with E-state index in [9.17, 15) is 8.78 Å². The van der Waals surface area contributed by atoms with Crippen molar-refractivity contribution in [3.8, 4) is 0 Å². The fourth-order valence-corrected chi connectivity index (χ4v) is 0.660. The zero-order valence-corrected chi connectivity index (χ0v) is 5.85. The van der Waals surface area contributed by atoms with E-state index in [4.69, 9.17) is 4.74 Å². The van der Waals surface area contributed by atoms with Crippen molar-refractivity contribution in [2.75, 3.05) is 13.3 Å². The van der Waals surface area contributed by atoms with Crippen LogP contribution in [0.3, 0.4) is 0 Å². The van der Waals surface area contributed by atoms with Crippen molar-refractivity contribution in [3.05, 3.63) is 12.8 Å². The summed E-state index contributed by atoms with van der Waals surface area (Å²) in [7, 11) is 0. The minimum Gasteiger partial charge on any atom is -0.498 e. The van der Waals surface area contributed by atoms with E-state index in [1.165, 1.54) is 6.26 Å². The van der Waals surface area contributed by atoms with Gasteiger partial charge >= 0.3 is 0 Å². The predicted molar refractivity (Wildman–Crippen MR) is 36.3 cm³/mol. The lowest BCUT2D eigenvalue weighted by Crippen LogP contribution is -2.11. The first-order valence-corrected chi connectivity index (χ1v) is 3.23. The van der Waals surface area contributed by atoms with Crippen LogP contribution in [0.5, 0.6) is 0 Å². The van der Waals surface area contributed by atoms with Crippen molar-refractivity contribution in [2.24, 2.45) is 0 Å². The lowest BCUT2D eigenvalue weighted by molar-refractivity contribution is 0.112. The second-order valence-electron chi connectivity index (χ2n) is 1.88. The monoisotopic (exact) mass is 150 g/mol. The molecular formula is C7H12F2O. The van der Waals surface area contributed by atoms with Gasteiger partial charge in [0.25, 0.3) is 0 Å². The van der Waals surface area contributed by atoms with E-state index in [2.05, 4.69) is 6.58 Å². The summed E-state index contributed by atoms with van der Waals surface area (Å²) < 4.78 is 28.1. The largest absolute Gasteiger partial charge is 0.498 e. The Labute approximate surface area is 59.7 Å². The van der Waals surface area contributed by atoms with Crippen molar-refractivity contribution in [1.29, 1.82) is 0 Å². The van der Waals surface area contributed by atoms with Gasteiger partial charge in [-0.05, 0) is 0 Å². The molecule has 0 saturated heterocycles. The van der Waals surface area contributed by atoms with Gasteiger partial charge in [-0.25, -0.2) is 0 Å². The van der Waals surface area contributed by atoms with Crippen LogP contribution < -0.4 is 0 Å². The molecule has 0 aromatic heterocycles. The van der Waals surface area contributed by atoms with Gasteiger partial charge in [-0.15, -0.1) is 0 Å². The summed E-state index contributed by atoms with van der Waals surface area (Å²) in [6, 6.07) is 0. The zero-order valence-electron chi connectivity index (χ0n) is 5.85. The van der Waals surface area contributed by atoms with Crippen molar-refractivity contribution in [3.63, 3.8) is 0 Å². The highest BCUT2D eigenvalue weighted by Gasteiger charge is 2.06. The average molecular weight is 150 g/mol. The predicted octanol–water partition coefficient (Wildman–Crippen LogP) is 2.23. The molecule has 0 aliphatic carbocycles. The standard InChI is InChI=1S/C7H12F2O/c1-2-10-7(3-5-8)4-6-9/h2,7H,1,3-6H2. The fraction of sp³-hybridized carbons (Fsp3) is 0.714. The smallest absolute Gasteiger partial charge is 0.103 e. The third-order valence-corrected chi connectivity index (χ3v) is 1.15. The van der Waals surface area contributed by atoms with Gasteiger partial charge in [-0.2, -0.15) is 0 Å². The lowest BCUT2D eigenvalue weighted by Gasteiger charge is -2.11. The third-order valence-electron chi connectivity index (χ3n) is 1.15. The lowest BCUT2D eigenvalue weighted by atomic mass is 10.2. The molecule has 0 saturated carbocycles. The molecule has 0 aromatic rings. The van der Waals surface area contributed by atoms with Gasteiger partial charge in [-0.3, -0.25) is 8.78 Å². The van der Waals surface area contributed by atoms with Crippen LogP contribution in [-0.2, 0) is 4.74 Å². The number of rotatable bonds is 6. The maximum atomic E-state index is 11.7. The van der Waals surface area contributed by atoms with Crippen LogP contribution in [0.15, 0.2) is 12.8 Å². The number of ether oxygens (including phenoxy) is 1. The van der Waals surface area contributed by atoms with E-state index >= 15 is 0 Å². The quantitative estimate of drug-likeness (QED) is 0.527. The average Bonchev–Trinajstić information content (AvgIpc) is 1.90. The molecule has 1 nitrogen and oxygen atoms in total. The van der Waals surface area contributed by atoms with Gasteiger partial charge in [0.2, 0.25) is 0 Å². The van der Waals surface area contributed by atoms with E-state index in [0.717, 1.165) is 0 Å².